The van der Waals surface area contributed by atoms with E-state index in [1.165, 1.54) is 28.9 Å². The number of halogens is 4. The Morgan fingerprint density at radius 1 is 1.09 bits per heavy atom. The Bertz CT molecular complexity index is 1400. The van der Waals surface area contributed by atoms with E-state index in [2.05, 4.69) is 10.3 Å². The highest BCUT2D eigenvalue weighted by molar-refractivity contribution is 6.30. The van der Waals surface area contributed by atoms with Gasteiger partial charge in [0, 0.05) is 16.3 Å². The van der Waals surface area contributed by atoms with Crippen molar-refractivity contribution in [2.75, 3.05) is 11.9 Å². The highest BCUT2D eigenvalue weighted by Gasteiger charge is 2.30. The van der Waals surface area contributed by atoms with Crippen LogP contribution in [0.3, 0.4) is 0 Å². The van der Waals surface area contributed by atoms with Crippen molar-refractivity contribution in [3.63, 3.8) is 0 Å². The summed E-state index contributed by atoms with van der Waals surface area (Å²) in [5, 5.41) is 2.94. The Labute approximate surface area is 196 Å². The van der Waals surface area contributed by atoms with Gasteiger partial charge in [0.25, 0.3) is 5.91 Å². The third kappa shape index (κ3) is 4.74. The number of ether oxygens (including phenoxy) is 1. The predicted octanol–water partition coefficient (Wildman–Crippen LogP) is 6.10. The van der Waals surface area contributed by atoms with Gasteiger partial charge in [0.15, 0.2) is 0 Å². The van der Waals surface area contributed by atoms with Crippen molar-refractivity contribution in [3.05, 3.63) is 88.8 Å². The molecule has 0 aliphatic carbocycles. The fraction of sp³-hybridized carbons (Fsp3) is 0.125. The Morgan fingerprint density at radius 3 is 2.56 bits per heavy atom. The number of fused-ring (bicyclic) bond motifs is 1. The first-order valence-electron chi connectivity index (χ1n) is 10.1. The molecule has 34 heavy (non-hydrogen) atoms. The monoisotopic (exact) mass is 487 g/mol. The van der Waals surface area contributed by atoms with E-state index < -0.39 is 23.6 Å². The minimum atomic E-state index is -4.56. The van der Waals surface area contributed by atoms with Crippen LogP contribution < -0.4 is 5.32 Å². The number of nitrogens with one attached hydrogen (secondary N) is 1. The molecule has 0 unspecified atom stereocenters. The molecule has 0 saturated heterocycles. The fourth-order valence-electron chi connectivity index (χ4n) is 3.42. The number of amides is 1. The molecular formula is C24H17ClF3N3O3. The van der Waals surface area contributed by atoms with E-state index in [9.17, 15) is 22.8 Å². The molecule has 1 N–H and O–H groups in total. The molecular weight excluding hydrogens is 471 g/mol. The van der Waals surface area contributed by atoms with Gasteiger partial charge in [-0.3, -0.25) is 9.20 Å². The van der Waals surface area contributed by atoms with Gasteiger partial charge in [-0.2, -0.15) is 13.2 Å². The molecule has 4 rings (SSSR count). The van der Waals surface area contributed by atoms with E-state index in [1.54, 1.807) is 37.3 Å². The van der Waals surface area contributed by atoms with Gasteiger partial charge in [0.05, 0.1) is 28.9 Å². The van der Waals surface area contributed by atoms with Crippen LogP contribution in [0.15, 0.2) is 67.0 Å². The zero-order valence-corrected chi connectivity index (χ0v) is 18.4. The largest absolute Gasteiger partial charge is 0.462 e. The maximum absolute atomic E-state index is 13.0. The van der Waals surface area contributed by atoms with E-state index in [1.807, 2.05) is 0 Å². The molecule has 6 nitrogen and oxygen atoms in total. The van der Waals surface area contributed by atoms with Crippen LogP contribution in [-0.4, -0.2) is 27.9 Å². The number of esters is 1. The molecule has 174 valence electrons. The number of hydrogen-bond donors (Lipinski definition) is 1. The smallest absolute Gasteiger partial charge is 0.416 e. The number of nitrogens with zero attached hydrogens (tertiary/aromatic N) is 2. The van der Waals surface area contributed by atoms with E-state index in [0.717, 1.165) is 12.1 Å². The Kier molecular flexibility index (Phi) is 6.30. The third-order valence-corrected chi connectivity index (χ3v) is 5.19. The van der Waals surface area contributed by atoms with Crippen LogP contribution in [0.25, 0.3) is 16.8 Å². The molecule has 2 heterocycles. The summed E-state index contributed by atoms with van der Waals surface area (Å²) < 4.78 is 45.6. The van der Waals surface area contributed by atoms with Crippen LogP contribution in [0, 0.1) is 0 Å². The van der Waals surface area contributed by atoms with Gasteiger partial charge < -0.3 is 10.1 Å². The van der Waals surface area contributed by atoms with Gasteiger partial charge in [-0.15, -0.1) is 0 Å². The number of carbonyl (C=O) groups is 2. The van der Waals surface area contributed by atoms with E-state index in [0.29, 0.717) is 21.8 Å². The summed E-state index contributed by atoms with van der Waals surface area (Å²) in [5.74, 6) is -1.37. The molecule has 0 aliphatic rings. The maximum atomic E-state index is 13.0. The van der Waals surface area contributed by atoms with E-state index in [-0.39, 0.29) is 23.6 Å². The predicted molar refractivity (Wildman–Crippen MR) is 121 cm³/mol. The van der Waals surface area contributed by atoms with Crippen LogP contribution in [0.1, 0.15) is 33.3 Å². The zero-order chi connectivity index (χ0) is 24.5. The highest BCUT2D eigenvalue weighted by atomic mass is 35.5. The van der Waals surface area contributed by atoms with Crippen molar-refractivity contribution in [2.24, 2.45) is 0 Å². The number of carbonyl (C=O) groups excluding carboxylic acids is 2. The molecule has 1 amide bonds. The first-order valence-corrected chi connectivity index (χ1v) is 10.5. The van der Waals surface area contributed by atoms with Crippen LogP contribution in [0.2, 0.25) is 5.02 Å². The van der Waals surface area contributed by atoms with E-state index >= 15 is 0 Å². The quantitative estimate of drug-likeness (QED) is 0.345. The standard InChI is InChI=1S/C24H17ClF3N3O3/c1-2-34-23(33)18-11-21(22(32)30-17-8-4-6-15(10-17)24(26,27)28)31-13-29-19(12-20(18)31)14-5-3-7-16(25)9-14/h3-13H,2H2,1H3,(H,30,32). The van der Waals surface area contributed by atoms with E-state index in [4.69, 9.17) is 16.3 Å². The topological polar surface area (TPSA) is 72.7 Å². The minimum Gasteiger partial charge on any atom is -0.462 e. The van der Waals surface area contributed by atoms with Crippen molar-refractivity contribution < 1.29 is 27.5 Å². The SMILES string of the molecule is CCOC(=O)c1cc(C(=O)Nc2cccc(C(F)(F)F)c2)n2cnc(-c3cccc(Cl)c3)cc12. The summed E-state index contributed by atoms with van der Waals surface area (Å²) >= 11 is 6.07. The summed E-state index contributed by atoms with van der Waals surface area (Å²) in [5.41, 5.74) is 0.714. The molecule has 0 aliphatic heterocycles. The summed E-state index contributed by atoms with van der Waals surface area (Å²) in [7, 11) is 0. The first kappa shape index (κ1) is 23.3. The van der Waals surface area contributed by atoms with Gasteiger partial charge in [-0.25, -0.2) is 9.78 Å². The zero-order valence-electron chi connectivity index (χ0n) is 17.7. The number of aromatic nitrogens is 2. The molecule has 10 heteroatoms. The van der Waals surface area contributed by atoms with Gasteiger partial charge in [-0.05, 0) is 49.4 Å². The molecule has 0 fully saturated rings. The maximum Gasteiger partial charge on any atom is 0.416 e. The number of hydrogen-bond acceptors (Lipinski definition) is 4. The number of anilines is 1. The molecule has 0 saturated carbocycles. The van der Waals surface area contributed by atoms with Crippen LogP contribution in [-0.2, 0) is 10.9 Å². The van der Waals surface area contributed by atoms with Crippen molar-refractivity contribution in [1.29, 1.82) is 0 Å². The molecule has 0 atom stereocenters. The fourth-order valence-corrected chi connectivity index (χ4v) is 3.61. The molecule has 4 aromatic rings. The summed E-state index contributed by atoms with van der Waals surface area (Å²) in [6.45, 7) is 1.77. The summed E-state index contributed by atoms with van der Waals surface area (Å²) in [6, 6.07) is 14.1. The van der Waals surface area contributed by atoms with Gasteiger partial charge in [0.1, 0.15) is 12.0 Å². The van der Waals surface area contributed by atoms with Crippen LogP contribution in [0.5, 0.6) is 0 Å². The first-order chi connectivity index (χ1) is 16.2. The lowest BCUT2D eigenvalue weighted by atomic mass is 10.1. The molecule has 0 bridgehead atoms. The van der Waals surface area contributed by atoms with Crippen molar-refractivity contribution in [2.45, 2.75) is 13.1 Å². The van der Waals surface area contributed by atoms with Crippen LogP contribution in [0.4, 0.5) is 18.9 Å². The number of rotatable bonds is 5. The summed E-state index contributed by atoms with van der Waals surface area (Å²) in [6.07, 6.45) is -3.20. The lowest BCUT2D eigenvalue weighted by molar-refractivity contribution is -0.137. The number of alkyl halides is 3. The molecule has 0 radical (unpaired) electrons. The average Bonchev–Trinajstić information content (AvgIpc) is 3.18. The Morgan fingerprint density at radius 2 is 1.85 bits per heavy atom. The molecule has 2 aromatic heterocycles. The second-order valence-corrected chi connectivity index (χ2v) is 7.67. The average molecular weight is 488 g/mol. The molecule has 2 aromatic carbocycles. The van der Waals surface area contributed by atoms with Gasteiger partial charge >= 0.3 is 12.1 Å². The minimum absolute atomic E-state index is 0.000564. The van der Waals surface area contributed by atoms with Gasteiger partial charge in [0.2, 0.25) is 0 Å². The second kappa shape index (κ2) is 9.18. The Balaban J connectivity index is 1.77. The Hall–Kier alpha value is -3.85. The number of benzene rings is 2. The third-order valence-electron chi connectivity index (χ3n) is 4.96. The van der Waals surface area contributed by atoms with Crippen LogP contribution >= 0.6 is 11.6 Å². The van der Waals surface area contributed by atoms with Crippen molar-refractivity contribution in [1.82, 2.24) is 9.38 Å². The lowest BCUT2D eigenvalue weighted by Gasteiger charge is -2.10. The normalized spacial score (nSPS) is 11.4. The molecule has 0 spiro atoms. The lowest BCUT2D eigenvalue weighted by Crippen LogP contribution is -2.15. The second-order valence-electron chi connectivity index (χ2n) is 7.24. The van der Waals surface area contributed by atoms with Gasteiger partial charge in [-0.1, -0.05) is 29.8 Å². The van der Waals surface area contributed by atoms with Crippen molar-refractivity contribution >= 4 is 34.7 Å². The summed E-state index contributed by atoms with van der Waals surface area (Å²) in [4.78, 5) is 29.9. The van der Waals surface area contributed by atoms with Crippen molar-refractivity contribution in [3.8, 4) is 11.3 Å². The highest BCUT2D eigenvalue weighted by Crippen LogP contribution is 2.31.